The first-order chi connectivity index (χ1) is 13.4. The van der Waals surface area contributed by atoms with Crippen LogP contribution in [-0.4, -0.2) is 42.6 Å². The highest BCUT2D eigenvalue weighted by Crippen LogP contribution is 2.22. The molecular formula is C20H20BrNO6. The molecule has 0 aliphatic carbocycles. The van der Waals surface area contributed by atoms with Crippen LogP contribution in [0.2, 0.25) is 0 Å². The summed E-state index contributed by atoms with van der Waals surface area (Å²) >= 11 is 3.34. The molecule has 2 N–H and O–H groups in total. The number of hydrogen-bond acceptors (Lipinski definition) is 6. The second-order valence-corrected chi connectivity index (χ2v) is 6.66. The van der Waals surface area contributed by atoms with E-state index in [1.54, 1.807) is 55.5 Å². The second kappa shape index (κ2) is 10.6. The molecule has 7 nitrogen and oxygen atoms in total. The Morgan fingerprint density at radius 1 is 1.07 bits per heavy atom. The van der Waals surface area contributed by atoms with Crippen molar-refractivity contribution in [3.63, 3.8) is 0 Å². The molecule has 0 saturated heterocycles. The largest absolute Gasteiger partial charge is 0.482 e. The second-order valence-electron chi connectivity index (χ2n) is 5.74. The molecule has 2 rings (SSSR count). The molecule has 0 heterocycles. The van der Waals surface area contributed by atoms with Gasteiger partial charge in [0.15, 0.2) is 12.4 Å². The molecule has 8 heteroatoms. The molecule has 0 spiro atoms. The van der Waals surface area contributed by atoms with E-state index in [0.717, 1.165) is 4.47 Å². The van der Waals surface area contributed by atoms with Crippen molar-refractivity contribution in [2.75, 3.05) is 19.8 Å². The summed E-state index contributed by atoms with van der Waals surface area (Å²) in [5.74, 6) is -1.39. The summed E-state index contributed by atoms with van der Waals surface area (Å²) in [5, 5.41) is 11.7. The lowest BCUT2D eigenvalue weighted by molar-refractivity contribution is -0.145. The third-order valence-corrected chi connectivity index (χ3v) is 4.25. The van der Waals surface area contributed by atoms with E-state index in [4.69, 9.17) is 14.6 Å². The third-order valence-electron chi connectivity index (χ3n) is 3.72. The van der Waals surface area contributed by atoms with Gasteiger partial charge in [0.05, 0.1) is 19.2 Å². The van der Waals surface area contributed by atoms with E-state index in [9.17, 15) is 14.4 Å². The van der Waals surface area contributed by atoms with Gasteiger partial charge in [0.1, 0.15) is 5.75 Å². The van der Waals surface area contributed by atoms with Crippen molar-refractivity contribution >= 4 is 33.7 Å². The zero-order valence-corrected chi connectivity index (χ0v) is 16.8. The van der Waals surface area contributed by atoms with E-state index < -0.39 is 18.0 Å². The summed E-state index contributed by atoms with van der Waals surface area (Å²) in [4.78, 5) is 35.2. The third kappa shape index (κ3) is 6.47. The van der Waals surface area contributed by atoms with Crippen LogP contribution in [0.1, 0.15) is 28.9 Å². The molecule has 0 aromatic heterocycles. The van der Waals surface area contributed by atoms with Crippen LogP contribution < -0.4 is 10.1 Å². The number of aliphatic carboxylic acids is 1. The van der Waals surface area contributed by atoms with Gasteiger partial charge in [-0.25, -0.2) is 4.79 Å². The maximum Gasteiger partial charge on any atom is 0.344 e. The van der Waals surface area contributed by atoms with Crippen LogP contribution in [0.15, 0.2) is 53.0 Å². The molecule has 0 amide bonds. The summed E-state index contributed by atoms with van der Waals surface area (Å²) in [6.07, 6.45) is 0. The van der Waals surface area contributed by atoms with Crippen LogP contribution >= 0.6 is 15.9 Å². The Morgan fingerprint density at radius 2 is 1.71 bits per heavy atom. The van der Waals surface area contributed by atoms with Crippen molar-refractivity contribution in [1.82, 2.24) is 5.32 Å². The number of esters is 1. The number of ketones is 1. The van der Waals surface area contributed by atoms with Crippen molar-refractivity contribution in [2.45, 2.75) is 13.0 Å². The van der Waals surface area contributed by atoms with E-state index in [1.165, 1.54) is 0 Å². The molecule has 148 valence electrons. The van der Waals surface area contributed by atoms with Crippen molar-refractivity contribution in [3.8, 4) is 5.75 Å². The van der Waals surface area contributed by atoms with Gasteiger partial charge < -0.3 is 14.6 Å². The van der Waals surface area contributed by atoms with E-state index in [1.807, 2.05) is 0 Å². The average Bonchev–Trinajstić information content (AvgIpc) is 2.68. The van der Waals surface area contributed by atoms with Crippen molar-refractivity contribution < 1.29 is 29.0 Å². The molecule has 2 aromatic rings. The van der Waals surface area contributed by atoms with E-state index >= 15 is 0 Å². The predicted molar refractivity (Wildman–Crippen MR) is 105 cm³/mol. The SMILES string of the molecule is CCOC(=O)COc1ccc(C(=O)C(NCC(=O)O)c2ccc(Br)cc2)cc1. The number of ether oxygens (including phenoxy) is 2. The minimum absolute atomic E-state index is 0.219. The smallest absolute Gasteiger partial charge is 0.344 e. The first-order valence-corrected chi connectivity index (χ1v) is 9.33. The van der Waals surface area contributed by atoms with Crippen molar-refractivity contribution in [1.29, 1.82) is 0 Å². The molecule has 2 aromatic carbocycles. The normalized spacial score (nSPS) is 11.5. The molecular weight excluding hydrogens is 430 g/mol. The van der Waals surface area contributed by atoms with E-state index in [2.05, 4.69) is 21.2 Å². The highest BCUT2D eigenvalue weighted by molar-refractivity contribution is 9.10. The van der Waals surface area contributed by atoms with Gasteiger partial charge in [0.25, 0.3) is 0 Å². The zero-order chi connectivity index (χ0) is 20.5. The number of carbonyl (C=O) groups excluding carboxylic acids is 2. The first kappa shape index (κ1) is 21.6. The molecule has 0 aliphatic rings. The Bertz CT molecular complexity index is 820. The molecule has 0 fully saturated rings. The maximum absolute atomic E-state index is 12.9. The Balaban J connectivity index is 2.13. The van der Waals surface area contributed by atoms with Gasteiger partial charge in [-0.3, -0.25) is 14.9 Å². The van der Waals surface area contributed by atoms with Gasteiger partial charge in [0.2, 0.25) is 0 Å². The molecule has 0 aliphatic heterocycles. The number of Topliss-reactive ketones (excluding diaryl/α,β-unsaturated/α-hetero) is 1. The fourth-order valence-electron chi connectivity index (χ4n) is 2.43. The molecule has 0 saturated carbocycles. The van der Waals surface area contributed by atoms with Crippen LogP contribution in [0.3, 0.4) is 0 Å². The lowest BCUT2D eigenvalue weighted by atomic mass is 9.97. The van der Waals surface area contributed by atoms with Gasteiger partial charge in [-0.1, -0.05) is 28.1 Å². The monoisotopic (exact) mass is 449 g/mol. The number of carbonyl (C=O) groups is 3. The fraction of sp³-hybridized carbons (Fsp3) is 0.250. The topological polar surface area (TPSA) is 102 Å². The lowest BCUT2D eigenvalue weighted by Crippen LogP contribution is -2.32. The summed E-state index contributed by atoms with van der Waals surface area (Å²) in [7, 11) is 0. The van der Waals surface area contributed by atoms with Crippen LogP contribution in [0.5, 0.6) is 5.75 Å². The number of benzene rings is 2. The first-order valence-electron chi connectivity index (χ1n) is 8.54. The molecule has 0 bridgehead atoms. The number of halogens is 1. The number of rotatable bonds is 10. The maximum atomic E-state index is 12.9. The van der Waals surface area contributed by atoms with Crippen molar-refractivity contribution in [3.05, 3.63) is 64.1 Å². The van der Waals surface area contributed by atoms with Gasteiger partial charge >= 0.3 is 11.9 Å². The number of nitrogens with one attached hydrogen (secondary N) is 1. The van der Waals surface area contributed by atoms with Crippen molar-refractivity contribution in [2.24, 2.45) is 0 Å². The number of hydrogen-bond donors (Lipinski definition) is 2. The van der Waals surface area contributed by atoms with E-state index in [0.29, 0.717) is 16.9 Å². The highest BCUT2D eigenvalue weighted by Gasteiger charge is 2.22. The van der Waals surface area contributed by atoms with Gasteiger partial charge in [-0.2, -0.15) is 0 Å². The molecule has 1 atom stereocenters. The number of carboxylic acids is 1. The summed E-state index contributed by atoms with van der Waals surface area (Å²) in [6, 6.07) is 12.5. The Morgan fingerprint density at radius 3 is 2.29 bits per heavy atom. The Hall–Kier alpha value is -2.71. The van der Waals surface area contributed by atoms with Crippen LogP contribution in [0, 0.1) is 0 Å². The molecule has 28 heavy (non-hydrogen) atoms. The standard InChI is InChI=1S/C20H20BrNO6/c1-2-27-18(25)12-28-16-9-5-14(6-10-16)20(26)19(22-11-17(23)24)13-3-7-15(21)8-4-13/h3-10,19,22H,2,11-12H2,1H3,(H,23,24). The van der Waals surface area contributed by atoms with Crippen LogP contribution in [-0.2, 0) is 14.3 Å². The van der Waals surface area contributed by atoms with Crippen LogP contribution in [0.4, 0.5) is 0 Å². The minimum Gasteiger partial charge on any atom is -0.482 e. The average molecular weight is 450 g/mol. The van der Waals surface area contributed by atoms with Gasteiger partial charge in [-0.15, -0.1) is 0 Å². The van der Waals surface area contributed by atoms with Gasteiger partial charge in [0, 0.05) is 10.0 Å². The van der Waals surface area contributed by atoms with Gasteiger partial charge in [-0.05, 0) is 48.9 Å². The quantitative estimate of drug-likeness (QED) is 0.424. The highest BCUT2D eigenvalue weighted by atomic mass is 79.9. The number of carboxylic acid groups (broad SMARTS) is 1. The van der Waals surface area contributed by atoms with E-state index in [-0.39, 0.29) is 25.5 Å². The summed E-state index contributed by atoms with van der Waals surface area (Å²) in [5.41, 5.74) is 1.03. The Labute approximate surface area is 170 Å². The zero-order valence-electron chi connectivity index (χ0n) is 15.2. The van der Waals surface area contributed by atoms with Crippen LogP contribution in [0.25, 0.3) is 0 Å². The predicted octanol–water partition coefficient (Wildman–Crippen LogP) is 2.99. The summed E-state index contributed by atoms with van der Waals surface area (Å²) < 4.78 is 10.9. The lowest BCUT2D eigenvalue weighted by Gasteiger charge is -2.17. The fourth-order valence-corrected chi connectivity index (χ4v) is 2.70. The minimum atomic E-state index is -1.06. The molecule has 1 unspecified atom stereocenters. The Kier molecular flexibility index (Phi) is 8.16. The summed E-state index contributed by atoms with van der Waals surface area (Å²) in [6.45, 7) is 1.41. The molecule has 0 radical (unpaired) electrons.